The average molecular weight is 300 g/mol. The van der Waals surface area contributed by atoms with E-state index in [9.17, 15) is 18.4 Å². The molecule has 0 bridgehead atoms. The first kappa shape index (κ1) is 18.0. The Balaban J connectivity index is 0.00000324. The van der Waals surface area contributed by atoms with E-state index in [1.54, 1.807) is 0 Å². The molecule has 0 aromatic rings. The van der Waals surface area contributed by atoms with E-state index < -0.39 is 30.8 Å². The van der Waals surface area contributed by atoms with Gasteiger partial charge in [-0.25, -0.2) is 8.78 Å². The van der Waals surface area contributed by atoms with Crippen LogP contribution in [0.5, 0.6) is 0 Å². The molecule has 0 aromatic carbocycles. The molecule has 0 spiro atoms. The molecule has 2 amide bonds. The Kier molecular flexibility index (Phi) is 7.21. The van der Waals surface area contributed by atoms with E-state index in [1.165, 1.54) is 0 Å². The van der Waals surface area contributed by atoms with Gasteiger partial charge in [-0.15, -0.1) is 12.4 Å². The van der Waals surface area contributed by atoms with Crippen LogP contribution in [0.3, 0.4) is 0 Å². The molecule has 3 N–H and O–H groups in total. The van der Waals surface area contributed by atoms with Gasteiger partial charge in [0.05, 0.1) is 12.6 Å². The summed E-state index contributed by atoms with van der Waals surface area (Å²) in [4.78, 5) is 22.8. The van der Waals surface area contributed by atoms with Crippen molar-refractivity contribution in [2.45, 2.75) is 44.7 Å². The quantitative estimate of drug-likeness (QED) is 0.690. The summed E-state index contributed by atoms with van der Waals surface area (Å²) in [6.07, 6.45) is -0.343. The van der Waals surface area contributed by atoms with Gasteiger partial charge >= 0.3 is 0 Å². The van der Waals surface area contributed by atoms with Crippen molar-refractivity contribution in [3.05, 3.63) is 0 Å². The van der Waals surface area contributed by atoms with E-state index in [2.05, 4.69) is 16.0 Å². The molecule has 1 rings (SSSR count). The van der Waals surface area contributed by atoms with Crippen molar-refractivity contribution in [3.63, 3.8) is 0 Å². The number of carbonyl (C=O) groups is 2. The third-order valence-corrected chi connectivity index (χ3v) is 2.53. The zero-order valence-corrected chi connectivity index (χ0v) is 11.8. The van der Waals surface area contributed by atoms with E-state index >= 15 is 0 Å². The number of hydrogen-bond acceptors (Lipinski definition) is 3. The lowest BCUT2D eigenvalue weighted by molar-refractivity contribution is -0.124. The zero-order chi connectivity index (χ0) is 13.8. The highest BCUT2D eigenvalue weighted by molar-refractivity contribution is 5.85. The van der Waals surface area contributed by atoms with Gasteiger partial charge in [0.25, 0.3) is 5.92 Å². The highest BCUT2D eigenvalue weighted by Gasteiger charge is 2.42. The normalized spacial score (nSPS) is 20.8. The maximum atomic E-state index is 12.8. The van der Waals surface area contributed by atoms with Crippen LogP contribution in [0.2, 0.25) is 0 Å². The van der Waals surface area contributed by atoms with Crippen molar-refractivity contribution in [3.8, 4) is 0 Å². The van der Waals surface area contributed by atoms with Crippen molar-refractivity contribution < 1.29 is 18.4 Å². The number of rotatable bonds is 5. The summed E-state index contributed by atoms with van der Waals surface area (Å²) < 4.78 is 25.7. The topological polar surface area (TPSA) is 70.2 Å². The predicted molar refractivity (Wildman–Crippen MR) is 69.5 cm³/mol. The Labute approximate surface area is 117 Å². The maximum absolute atomic E-state index is 12.8. The van der Waals surface area contributed by atoms with E-state index in [1.807, 2.05) is 13.8 Å². The highest BCUT2D eigenvalue weighted by atomic mass is 35.5. The Bertz CT molecular complexity index is 327. The second-order valence-corrected chi connectivity index (χ2v) is 4.76. The molecule has 1 aliphatic rings. The van der Waals surface area contributed by atoms with Crippen LogP contribution in [0.4, 0.5) is 8.78 Å². The lowest BCUT2D eigenvalue weighted by Crippen LogP contribution is -2.42. The molecule has 0 aromatic heterocycles. The van der Waals surface area contributed by atoms with E-state index in [0.29, 0.717) is 0 Å². The summed E-state index contributed by atoms with van der Waals surface area (Å²) in [5.41, 5.74) is 0. The molecule has 0 saturated carbocycles. The molecule has 1 unspecified atom stereocenters. The summed E-state index contributed by atoms with van der Waals surface area (Å²) in [7, 11) is 0. The molecule has 1 saturated heterocycles. The van der Waals surface area contributed by atoms with Crippen LogP contribution in [0, 0.1) is 0 Å². The molecule has 0 radical (unpaired) electrons. The molecule has 19 heavy (non-hydrogen) atoms. The zero-order valence-electron chi connectivity index (χ0n) is 11.0. The summed E-state index contributed by atoms with van der Waals surface area (Å²) in [6, 6.07) is -0.823. The SMILES string of the molecule is CC(C)NC(=O)CCNC(=O)C1CC(F)(F)CN1.Cl. The van der Waals surface area contributed by atoms with Crippen LogP contribution in [-0.2, 0) is 9.59 Å². The maximum Gasteiger partial charge on any atom is 0.262 e. The Morgan fingerprint density at radius 1 is 1.42 bits per heavy atom. The number of halogens is 3. The number of carbonyl (C=O) groups excluding carboxylic acids is 2. The van der Waals surface area contributed by atoms with Crippen LogP contribution in [0.1, 0.15) is 26.7 Å². The number of hydrogen-bond donors (Lipinski definition) is 3. The van der Waals surface area contributed by atoms with Gasteiger partial charge in [-0.05, 0) is 13.8 Å². The first-order chi connectivity index (χ1) is 8.30. The van der Waals surface area contributed by atoms with Gasteiger partial charge < -0.3 is 10.6 Å². The van der Waals surface area contributed by atoms with Crippen molar-refractivity contribution in [2.75, 3.05) is 13.1 Å². The van der Waals surface area contributed by atoms with Gasteiger partial charge in [0, 0.05) is 25.4 Å². The van der Waals surface area contributed by atoms with Gasteiger partial charge in [0.1, 0.15) is 0 Å². The predicted octanol–water partition coefficient (Wildman–Crippen LogP) is 0.436. The molecule has 1 heterocycles. The third kappa shape index (κ3) is 6.68. The molecule has 1 fully saturated rings. The summed E-state index contributed by atoms with van der Waals surface area (Å²) in [5, 5.41) is 7.60. The van der Waals surface area contributed by atoms with Crippen molar-refractivity contribution >= 4 is 24.2 Å². The molecule has 5 nitrogen and oxygen atoms in total. The molecular formula is C11H20ClF2N3O2. The smallest absolute Gasteiger partial charge is 0.262 e. The Morgan fingerprint density at radius 3 is 2.53 bits per heavy atom. The van der Waals surface area contributed by atoms with Crippen molar-refractivity contribution in [1.29, 1.82) is 0 Å². The standard InChI is InChI=1S/C11H19F2N3O2.ClH/c1-7(2)16-9(17)3-4-14-10(18)8-5-11(12,13)6-15-8;/h7-8,15H,3-6H2,1-2H3,(H,14,18)(H,16,17);1H. The first-order valence-corrected chi connectivity index (χ1v) is 5.98. The number of amides is 2. The fourth-order valence-corrected chi connectivity index (χ4v) is 1.72. The van der Waals surface area contributed by atoms with Crippen molar-refractivity contribution in [2.24, 2.45) is 0 Å². The van der Waals surface area contributed by atoms with E-state index in [0.717, 1.165) is 0 Å². The van der Waals surface area contributed by atoms with Gasteiger partial charge in [-0.2, -0.15) is 0 Å². The Morgan fingerprint density at radius 2 is 2.05 bits per heavy atom. The summed E-state index contributed by atoms with van der Waals surface area (Å²) in [5.74, 6) is -3.48. The first-order valence-electron chi connectivity index (χ1n) is 5.98. The van der Waals surface area contributed by atoms with Crippen LogP contribution in [-0.4, -0.2) is 42.9 Å². The molecular weight excluding hydrogens is 280 g/mol. The number of nitrogens with one attached hydrogen (secondary N) is 3. The Hall–Kier alpha value is -0.950. The molecule has 8 heteroatoms. The fraction of sp³-hybridized carbons (Fsp3) is 0.818. The van der Waals surface area contributed by atoms with Crippen LogP contribution in [0.15, 0.2) is 0 Å². The molecule has 112 valence electrons. The van der Waals surface area contributed by atoms with Crippen LogP contribution < -0.4 is 16.0 Å². The number of alkyl halides is 2. The molecule has 0 aliphatic carbocycles. The van der Waals surface area contributed by atoms with Gasteiger partial charge in [0.2, 0.25) is 11.8 Å². The minimum atomic E-state index is -2.82. The fourth-order valence-electron chi connectivity index (χ4n) is 1.72. The third-order valence-electron chi connectivity index (χ3n) is 2.53. The minimum absolute atomic E-state index is 0. The van der Waals surface area contributed by atoms with E-state index in [-0.39, 0.29) is 37.3 Å². The van der Waals surface area contributed by atoms with E-state index in [4.69, 9.17) is 0 Å². The summed E-state index contributed by atoms with van der Waals surface area (Å²) >= 11 is 0. The van der Waals surface area contributed by atoms with Gasteiger partial charge in [-0.3, -0.25) is 14.9 Å². The minimum Gasteiger partial charge on any atom is -0.354 e. The van der Waals surface area contributed by atoms with Crippen LogP contribution >= 0.6 is 12.4 Å². The van der Waals surface area contributed by atoms with Crippen molar-refractivity contribution in [1.82, 2.24) is 16.0 Å². The molecule has 1 atom stereocenters. The average Bonchev–Trinajstić information content (AvgIpc) is 2.57. The largest absolute Gasteiger partial charge is 0.354 e. The second-order valence-electron chi connectivity index (χ2n) is 4.76. The summed E-state index contributed by atoms with van der Waals surface area (Å²) in [6.45, 7) is 3.35. The monoisotopic (exact) mass is 299 g/mol. The molecule has 1 aliphatic heterocycles. The van der Waals surface area contributed by atoms with Gasteiger partial charge in [0.15, 0.2) is 0 Å². The lowest BCUT2D eigenvalue weighted by Gasteiger charge is -2.12. The van der Waals surface area contributed by atoms with Crippen LogP contribution in [0.25, 0.3) is 0 Å². The lowest BCUT2D eigenvalue weighted by atomic mass is 10.2. The highest BCUT2D eigenvalue weighted by Crippen LogP contribution is 2.24. The second kappa shape index (κ2) is 7.59. The van der Waals surface area contributed by atoms with Gasteiger partial charge in [-0.1, -0.05) is 0 Å².